The third-order valence-electron chi connectivity index (χ3n) is 3.88. The molecule has 122 valence electrons. The van der Waals surface area contributed by atoms with E-state index in [9.17, 15) is 20.1 Å². The van der Waals surface area contributed by atoms with Crippen LogP contribution >= 0.6 is 0 Å². The van der Waals surface area contributed by atoms with Crippen LogP contribution in [0.4, 0.5) is 0 Å². The molecule has 1 aliphatic heterocycles. The lowest BCUT2D eigenvalue weighted by Crippen LogP contribution is -2.73. The van der Waals surface area contributed by atoms with Crippen LogP contribution in [0.25, 0.3) is 10.4 Å². The molecule has 0 spiro atoms. The molecule has 1 saturated heterocycles. The van der Waals surface area contributed by atoms with Crippen LogP contribution in [0.2, 0.25) is 0 Å². The summed E-state index contributed by atoms with van der Waals surface area (Å²) < 4.78 is 5.19. The summed E-state index contributed by atoms with van der Waals surface area (Å²) in [5.41, 5.74) is 5.90. The molecule has 0 radical (unpaired) electrons. The van der Waals surface area contributed by atoms with Gasteiger partial charge in [-0.05, 0) is 5.53 Å². The minimum absolute atomic E-state index is 0.0710. The van der Waals surface area contributed by atoms with E-state index >= 15 is 0 Å². The fourth-order valence-corrected chi connectivity index (χ4v) is 2.63. The molecule has 0 saturated carbocycles. The highest BCUT2D eigenvalue weighted by molar-refractivity contribution is 6.03. The Bertz CT molecular complexity index is 646. The minimum atomic E-state index is -2.71. The number of carbonyl (C=O) groups is 1. The van der Waals surface area contributed by atoms with E-state index in [0.717, 1.165) is 0 Å². The maximum absolute atomic E-state index is 12.8. The van der Waals surface area contributed by atoms with E-state index in [4.69, 9.17) is 10.3 Å². The Morgan fingerprint density at radius 2 is 2.13 bits per heavy atom. The van der Waals surface area contributed by atoms with Crippen molar-refractivity contribution in [3.63, 3.8) is 0 Å². The molecule has 1 aliphatic rings. The summed E-state index contributed by atoms with van der Waals surface area (Å²) >= 11 is 0. The topological polar surface area (TPSA) is 136 Å². The van der Waals surface area contributed by atoms with Crippen molar-refractivity contribution in [3.05, 3.63) is 59.0 Å². The Labute approximate surface area is 132 Å². The SMILES string of the molecule is C=CC[C@]1(O)OC[C@@H](N=[N+]=[N-])[C@@H](O)[C@]1(O)C(=O)c1ccccc1. The number of Topliss-reactive ketones (excluding diaryl/α,β-unsaturated/α-hetero) is 1. The molecule has 23 heavy (non-hydrogen) atoms. The van der Waals surface area contributed by atoms with Crippen molar-refractivity contribution in [2.24, 2.45) is 5.11 Å². The summed E-state index contributed by atoms with van der Waals surface area (Å²) in [4.78, 5) is 15.3. The molecule has 8 heteroatoms. The molecule has 8 nitrogen and oxygen atoms in total. The smallest absolute Gasteiger partial charge is 0.208 e. The van der Waals surface area contributed by atoms with Gasteiger partial charge in [0.15, 0.2) is 0 Å². The van der Waals surface area contributed by atoms with Crippen molar-refractivity contribution in [2.45, 2.75) is 30.0 Å². The summed E-state index contributed by atoms with van der Waals surface area (Å²) in [6.07, 6.45) is -0.892. The average molecular weight is 319 g/mol. The van der Waals surface area contributed by atoms with Gasteiger partial charge < -0.3 is 20.1 Å². The second-order valence-electron chi connectivity index (χ2n) is 5.27. The highest BCUT2D eigenvalue weighted by Crippen LogP contribution is 2.39. The summed E-state index contributed by atoms with van der Waals surface area (Å²) in [6.45, 7) is 3.10. The Hall–Kier alpha value is -2.22. The zero-order valence-electron chi connectivity index (χ0n) is 12.2. The predicted molar refractivity (Wildman–Crippen MR) is 80.4 cm³/mol. The van der Waals surface area contributed by atoms with Crippen molar-refractivity contribution in [1.82, 2.24) is 0 Å². The van der Waals surface area contributed by atoms with E-state index < -0.39 is 29.3 Å². The van der Waals surface area contributed by atoms with E-state index in [-0.39, 0.29) is 18.6 Å². The first-order valence-electron chi connectivity index (χ1n) is 6.92. The Balaban J connectivity index is 2.54. The van der Waals surface area contributed by atoms with Crippen LogP contribution in [0.1, 0.15) is 16.8 Å². The largest absolute Gasteiger partial charge is 0.389 e. The van der Waals surface area contributed by atoms with E-state index in [0.29, 0.717) is 0 Å². The van der Waals surface area contributed by atoms with Crippen molar-refractivity contribution in [1.29, 1.82) is 0 Å². The van der Waals surface area contributed by atoms with Gasteiger partial charge in [-0.2, -0.15) is 0 Å². The monoisotopic (exact) mass is 319 g/mol. The van der Waals surface area contributed by atoms with Crippen LogP contribution in [-0.4, -0.2) is 51.2 Å². The number of carbonyl (C=O) groups excluding carboxylic acids is 1. The van der Waals surface area contributed by atoms with Crippen LogP contribution in [0.3, 0.4) is 0 Å². The number of hydrogen-bond acceptors (Lipinski definition) is 6. The normalized spacial score (nSPS) is 33.5. The molecule has 1 aromatic rings. The van der Waals surface area contributed by atoms with Gasteiger partial charge >= 0.3 is 0 Å². The molecule has 1 fully saturated rings. The van der Waals surface area contributed by atoms with Crippen molar-refractivity contribution in [3.8, 4) is 0 Å². The Kier molecular flexibility index (Phi) is 4.84. The first kappa shape index (κ1) is 17.1. The van der Waals surface area contributed by atoms with E-state index in [1.807, 2.05) is 0 Å². The molecule has 0 bridgehead atoms. The lowest BCUT2D eigenvalue weighted by atomic mass is 9.74. The first-order valence-corrected chi connectivity index (χ1v) is 6.92. The molecule has 0 amide bonds. The molecule has 1 heterocycles. The molecule has 1 aromatic carbocycles. The molecule has 0 aromatic heterocycles. The standard InChI is InChI=1S/C15H17N3O5/c1-2-8-14(21)15(22,12(19)10-6-4-3-5-7-10)13(20)11(9-23-14)17-18-16/h2-7,11,13,20-22H,1,8-9H2/t11-,13-,14+,15-/m1/s1. The third-order valence-corrected chi connectivity index (χ3v) is 3.88. The fraction of sp³-hybridized carbons (Fsp3) is 0.400. The van der Waals surface area contributed by atoms with Gasteiger partial charge in [-0.15, -0.1) is 6.58 Å². The number of ether oxygens (including phenoxy) is 1. The van der Waals surface area contributed by atoms with Crippen LogP contribution in [0.15, 0.2) is 48.1 Å². The summed E-state index contributed by atoms with van der Waals surface area (Å²) in [7, 11) is 0. The summed E-state index contributed by atoms with van der Waals surface area (Å²) in [5.74, 6) is -3.32. The maximum Gasteiger partial charge on any atom is 0.208 e. The molecule has 0 aliphatic carbocycles. The quantitative estimate of drug-likeness (QED) is 0.244. The van der Waals surface area contributed by atoms with Gasteiger partial charge in [0.05, 0.1) is 12.6 Å². The zero-order chi connectivity index (χ0) is 17.1. The van der Waals surface area contributed by atoms with Crippen LogP contribution < -0.4 is 0 Å². The first-order chi connectivity index (χ1) is 10.9. The fourth-order valence-electron chi connectivity index (χ4n) is 2.63. The maximum atomic E-state index is 12.8. The number of ketones is 1. The molecule has 2 rings (SSSR count). The van der Waals surface area contributed by atoms with Gasteiger partial charge in [-0.1, -0.05) is 41.5 Å². The Morgan fingerprint density at radius 1 is 1.48 bits per heavy atom. The third kappa shape index (κ3) is 2.74. The van der Waals surface area contributed by atoms with Crippen LogP contribution in [0.5, 0.6) is 0 Å². The lowest BCUT2D eigenvalue weighted by molar-refractivity contribution is -0.328. The number of aliphatic hydroxyl groups is 3. The zero-order valence-corrected chi connectivity index (χ0v) is 12.2. The van der Waals surface area contributed by atoms with E-state index in [1.54, 1.807) is 18.2 Å². The minimum Gasteiger partial charge on any atom is -0.389 e. The highest BCUT2D eigenvalue weighted by atomic mass is 16.6. The molecule has 0 unspecified atom stereocenters. The summed E-state index contributed by atoms with van der Waals surface area (Å²) in [5, 5.41) is 35.2. The number of azide groups is 1. The summed E-state index contributed by atoms with van der Waals surface area (Å²) in [6, 6.07) is 6.46. The molecule has 4 atom stereocenters. The second kappa shape index (κ2) is 6.49. The van der Waals surface area contributed by atoms with Gasteiger partial charge in [0, 0.05) is 16.9 Å². The van der Waals surface area contributed by atoms with Crippen molar-refractivity contribution in [2.75, 3.05) is 6.61 Å². The second-order valence-corrected chi connectivity index (χ2v) is 5.27. The average Bonchev–Trinajstić information content (AvgIpc) is 2.56. The number of hydrogen-bond donors (Lipinski definition) is 3. The van der Waals surface area contributed by atoms with Crippen molar-refractivity contribution >= 4 is 5.78 Å². The van der Waals surface area contributed by atoms with Gasteiger partial charge in [-0.3, -0.25) is 4.79 Å². The van der Waals surface area contributed by atoms with Gasteiger partial charge in [0.2, 0.25) is 17.2 Å². The number of aliphatic hydroxyl groups excluding tert-OH is 1. The van der Waals surface area contributed by atoms with Crippen LogP contribution in [0, 0.1) is 0 Å². The van der Waals surface area contributed by atoms with Crippen LogP contribution in [-0.2, 0) is 4.74 Å². The molecular weight excluding hydrogens is 302 g/mol. The number of nitrogens with zero attached hydrogens (tertiary/aromatic N) is 3. The highest BCUT2D eigenvalue weighted by Gasteiger charge is 2.64. The lowest BCUT2D eigenvalue weighted by Gasteiger charge is -2.49. The van der Waals surface area contributed by atoms with Crippen molar-refractivity contribution < 1.29 is 24.9 Å². The Morgan fingerprint density at radius 3 is 2.70 bits per heavy atom. The van der Waals surface area contributed by atoms with Gasteiger partial charge in [0.25, 0.3) is 0 Å². The van der Waals surface area contributed by atoms with E-state index in [2.05, 4.69) is 16.6 Å². The predicted octanol–water partition coefficient (Wildman–Crippen LogP) is 0.935. The molecular formula is C15H17N3O5. The van der Waals surface area contributed by atoms with Gasteiger partial charge in [-0.25, -0.2) is 0 Å². The van der Waals surface area contributed by atoms with Gasteiger partial charge in [0.1, 0.15) is 6.10 Å². The number of rotatable bonds is 5. The number of benzene rings is 1. The van der Waals surface area contributed by atoms with E-state index in [1.165, 1.54) is 18.2 Å². The molecule has 3 N–H and O–H groups in total.